The Morgan fingerprint density at radius 3 is 2.83 bits per heavy atom. The molecule has 0 bridgehead atoms. The molecule has 1 aliphatic heterocycles. The van der Waals surface area contributed by atoms with Crippen molar-refractivity contribution in [2.75, 3.05) is 33.4 Å². The molecule has 1 fully saturated rings. The minimum absolute atomic E-state index is 0.266. The Labute approximate surface area is 110 Å². The molecule has 0 aromatic carbocycles. The molecular weight excluding hydrogens is 232 g/mol. The van der Waals surface area contributed by atoms with Gasteiger partial charge >= 0.3 is 5.97 Å². The van der Waals surface area contributed by atoms with E-state index in [1.54, 1.807) is 13.8 Å². The molecule has 106 valence electrons. The highest BCUT2D eigenvalue weighted by molar-refractivity contribution is 5.80. The number of hydrogen-bond acceptors (Lipinski definition) is 5. The summed E-state index contributed by atoms with van der Waals surface area (Å²) in [6, 6.07) is 0. The smallest absolute Gasteiger partial charge is 0.327 e. The highest BCUT2D eigenvalue weighted by atomic mass is 16.5. The van der Waals surface area contributed by atoms with E-state index >= 15 is 0 Å². The third kappa shape index (κ3) is 4.92. The van der Waals surface area contributed by atoms with Gasteiger partial charge in [-0.15, -0.1) is 0 Å². The summed E-state index contributed by atoms with van der Waals surface area (Å²) >= 11 is 0. The third-order valence-electron chi connectivity index (χ3n) is 3.13. The van der Waals surface area contributed by atoms with Crippen molar-refractivity contribution in [3.8, 4) is 0 Å². The van der Waals surface area contributed by atoms with Crippen LogP contribution in [0.2, 0.25) is 0 Å². The number of nitrogens with zero attached hydrogens (tertiary/aromatic N) is 1. The van der Waals surface area contributed by atoms with Gasteiger partial charge in [0, 0.05) is 19.7 Å². The largest absolute Gasteiger partial charge is 0.465 e. The maximum absolute atomic E-state index is 11.7. The van der Waals surface area contributed by atoms with Crippen molar-refractivity contribution in [3.63, 3.8) is 0 Å². The Morgan fingerprint density at radius 1 is 1.56 bits per heavy atom. The van der Waals surface area contributed by atoms with Crippen molar-refractivity contribution in [2.45, 2.75) is 44.8 Å². The maximum atomic E-state index is 11.7. The van der Waals surface area contributed by atoms with E-state index in [1.165, 1.54) is 6.42 Å². The molecule has 1 heterocycles. The van der Waals surface area contributed by atoms with E-state index in [-0.39, 0.29) is 12.1 Å². The summed E-state index contributed by atoms with van der Waals surface area (Å²) in [6.07, 6.45) is 3.72. The maximum Gasteiger partial charge on any atom is 0.327 e. The zero-order valence-electron chi connectivity index (χ0n) is 11.8. The number of nitrogens with two attached hydrogens (primary N) is 1. The van der Waals surface area contributed by atoms with Gasteiger partial charge in [0.2, 0.25) is 0 Å². The molecule has 0 amide bonds. The highest BCUT2D eigenvalue weighted by Crippen LogP contribution is 2.14. The Balaban J connectivity index is 2.37. The second kappa shape index (κ2) is 7.07. The minimum atomic E-state index is -0.959. The lowest BCUT2D eigenvalue weighted by Gasteiger charge is -2.31. The van der Waals surface area contributed by atoms with Gasteiger partial charge in [-0.2, -0.15) is 0 Å². The molecule has 0 aromatic heterocycles. The number of likely N-dealkylation sites (N-methyl/N-ethyl adjacent to an activating group) is 1. The van der Waals surface area contributed by atoms with Gasteiger partial charge in [-0.1, -0.05) is 0 Å². The molecule has 1 rings (SSSR count). The van der Waals surface area contributed by atoms with E-state index in [0.717, 1.165) is 26.0 Å². The van der Waals surface area contributed by atoms with Crippen molar-refractivity contribution >= 4 is 5.97 Å². The first-order valence-corrected chi connectivity index (χ1v) is 6.72. The Bertz CT molecular complexity index is 263. The van der Waals surface area contributed by atoms with Crippen LogP contribution in [0.15, 0.2) is 0 Å². The van der Waals surface area contributed by atoms with Crippen LogP contribution in [-0.4, -0.2) is 55.9 Å². The molecule has 18 heavy (non-hydrogen) atoms. The minimum Gasteiger partial charge on any atom is -0.465 e. The van der Waals surface area contributed by atoms with Crippen molar-refractivity contribution in [1.29, 1.82) is 0 Å². The number of hydrogen-bond donors (Lipinski definition) is 1. The van der Waals surface area contributed by atoms with Crippen LogP contribution in [0.3, 0.4) is 0 Å². The summed E-state index contributed by atoms with van der Waals surface area (Å²) < 4.78 is 10.6. The third-order valence-corrected chi connectivity index (χ3v) is 3.13. The van der Waals surface area contributed by atoms with Gasteiger partial charge in [-0.05, 0) is 40.2 Å². The predicted octanol–water partition coefficient (Wildman–Crippen LogP) is 0.768. The second-order valence-corrected chi connectivity index (χ2v) is 5.32. The van der Waals surface area contributed by atoms with Gasteiger partial charge in [0.05, 0.1) is 12.7 Å². The van der Waals surface area contributed by atoms with E-state index in [9.17, 15) is 4.79 Å². The Hall–Kier alpha value is -0.650. The summed E-state index contributed by atoms with van der Waals surface area (Å²) in [5.41, 5.74) is 5.04. The summed E-state index contributed by atoms with van der Waals surface area (Å²) in [5, 5.41) is 0. The van der Waals surface area contributed by atoms with E-state index in [0.29, 0.717) is 13.2 Å². The van der Waals surface area contributed by atoms with Crippen LogP contribution in [0, 0.1) is 0 Å². The molecule has 1 aliphatic rings. The Kier molecular flexibility index (Phi) is 6.05. The quantitative estimate of drug-likeness (QED) is 0.713. The van der Waals surface area contributed by atoms with Gasteiger partial charge in [0.15, 0.2) is 0 Å². The zero-order valence-corrected chi connectivity index (χ0v) is 11.8. The van der Waals surface area contributed by atoms with Gasteiger partial charge in [0.25, 0.3) is 0 Å². The number of esters is 1. The molecule has 2 unspecified atom stereocenters. The normalized spacial score (nSPS) is 23.7. The molecule has 0 radical (unpaired) electrons. The highest BCUT2D eigenvalue weighted by Gasteiger charge is 2.32. The fraction of sp³-hybridized carbons (Fsp3) is 0.923. The molecule has 2 N–H and O–H groups in total. The van der Waals surface area contributed by atoms with Crippen LogP contribution in [0.25, 0.3) is 0 Å². The molecule has 0 spiro atoms. The Morgan fingerprint density at radius 2 is 2.28 bits per heavy atom. The zero-order chi connectivity index (χ0) is 13.6. The first kappa shape index (κ1) is 15.4. The van der Waals surface area contributed by atoms with Crippen LogP contribution in [0.1, 0.15) is 33.1 Å². The van der Waals surface area contributed by atoms with E-state index < -0.39 is 5.54 Å². The van der Waals surface area contributed by atoms with Crippen LogP contribution >= 0.6 is 0 Å². The van der Waals surface area contributed by atoms with E-state index in [1.807, 2.05) is 11.9 Å². The van der Waals surface area contributed by atoms with Crippen molar-refractivity contribution < 1.29 is 14.3 Å². The van der Waals surface area contributed by atoms with Crippen molar-refractivity contribution in [2.24, 2.45) is 5.73 Å². The molecule has 0 aliphatic carbocycles. The SMILES string of the molecule is CCOC(=O)C(C)(N)CN(C)CC1CCCCO1. The van der Waals surface area contributed by atoms with E-state index in [4.69, 9.17) is 15.2 Å². The summed E-state index contributed by atoms with van der Waals surface area (Å²) in [7, 11) is 1.96. The van der Waals surface area contributed by atoms with Crippen LogP contribution in [-0.2, 0) is 14.3 Å². The average Bonchev–Trinajstić information content (AvgIpc) is 2.29. The number of carbonyl (C=O) groups is 1. The topological polar surface area (TPSA) is 64.8 Å². The molecular formula is C13H26N2O3. The monoisotopic (exact) mass is 258 g/mol. The van der Waals surface area contributed by atoms with Gasteiger partial charge < -0.3 is 20.1 Å². The number of ether oxygens (including phenoxy) is 2. The lowest BCUT2D eigenvalue weighted by Crippen LogP contribution is -2.54. The van der Waals surface area contributed by atoms with Crippen molar-refractivity contribution in [1.82, 2.24) is 4.90 Å². The lowest BCUT2D eigenvalue weighted by atomic mass is 10.0. The second-order valence-electron chi connectivity index (χ2n) is 5.32. The molecule has 5 nitrogen and oxygen atoms in total. The van der Waals surface area contributed by atoms with Crippen LogP contribution in [0.4, 0.5) is 0 Å². The average molecular weight is 258 g/mol. The number of carbonyl (C=O) groups excluding carboxylic acids is 1. The summed E-state index contributed by atoms with van der Waals surface area (Å²) in [4.78, 5) is 13.7. The van der Waals surface area contributed by atoms with E-state index in [2.05, 4.69) is 0 Å². The summed E-state index contributed by atoms with van der Waals surface area (Å²) in [6.45, 7) is 5.99. The predicted molar refractivity (Wildman–Crippen MR) is 70.3 cm³/mol. The van der Waals surface area contributed by atoms with Gasteiger partial charge in [0.1, 0.15) is 5.54 Å². The molecule has 5 heteroatoms. The molecule has 0 aromatic rings. The summed E-state index contributed by atoms with van der Waals surface area (Å²) in [5.74, 6) is -0.346. The standard InChI is InChI=1S/C13H26N2O3/c1-4-17-12(16)13(2,14)10-15(3)9-11-7-5-6-8-18-11/h11H,4-10,14H2,1-3H3. The first-order chi connectivity index (χ1) is 8.45. The first-order valence-electron chi connectivity index (χ1n) is 6.72. The fourth-order valence-corrected chi connectivity index (χ4v) is 2.28. The van der Waals surface area contributed by atoms with Gasteiger partial charge in [-0.25, -0.2) is 0 Å². The molecule has 0 saturated carbocycles. The lowest BCUT2D eigenvalue weighted by molar-refractivity contribution is -0.149. The number of rotatable bonds is 6. The van der Waals surface area contributed by atoms with Crippen LogP contribution < -0.4 is 5.73 Å². The van der Waals surface area contributed by atoms with Crippen LogP contribution in [0.5, 0.6) is 0 Å². The molecule has 2 atom stereocenters. The fourth-order valence-electron chi connectivity index (χ4n) is 2.28. The van der Waals surface area contributed by atoms with Gasteiger partial charge in [-0.3, -0.25) is 4.79 Å². The van der Waals surface area contributed by atoms with Crippen molar-refractivity contribution in [3.05, 3.63) is 0 Å². The molecule has 1 saturated heterocycles.